The van der Waals surface area contributed by atoms with Gasteiger partial charge >= 0.3 is 6.61 Å². The van der Waals surface area contributed by atoms with Crippen LogP contribution >= 0.6 is 15.9 Å². The van der Waals surface area contributed by atoms with Crippen molar-refractivity contribution in [3.8, 4) is 11.5 Å². The van der Waals surface area contributed by atoms with Gasteiger partial charge in [0.1, 0.15) is 18.1 Å². The Kier molecular flexibility index (Phi) is 4.74. The van der Waals surface area contributed by atoms with Crippen LogP contribution in [0.4, 0.5) is 8.78 Å². The topological polar surface area (TPSA) is 18.5 Å². The minimum Gasteiger partial charge on any atom is -0.489 e. The van der Waals surface area contributed by atoms with Crippen LogP contribution in [0.3, 0.4) is 0 Å². The highest BCUT2D eigenvalue weighted by Gasteiger charge is 2.05. The van der Waals surface area contributed by atoms with Crippen molar-refractivity contribution in [2.24, 2.45) is 0 Å². The fourth-order valence-corrected chi connectivity index (χ4v) is 1.77. The molecule has 0 aromatic heterocycles. The summed E-state index contributed by atoms with van der Waals surface area (Å²) in [5, 5.41) is 0. The maximum atomic E-state index is 12.1. The average molecular weight is 329 g/mol. The molecule has 0 saturated heterocycles. The third-order valence-corrected chi connectivity index (χ3v) is 2.87. The molecule has 19 heavy (non-hydrogen) atoms. The van der Waals surface area contributed by atoms with Crippen LogP contribution in [0.1, 0.15) is 5.56 Å². The highest BCUT2D eigenvalue weighted by Crippen LogP contribution is 2.19. The molecule has 2 aromatic rings. The number of rotatable bonds is 5. The van der Waals surface area contributed by atoms with Crippen molar-refractivity contribution in [3.63, 3.8) is 0 Å². The lowest BCUT2D eigenvalue weighted by Crippen LogP contribution is -2.02. The Morgan fingerprint density at radius 2 is 1.74 bits per heavy atom. The normalized spacial score (nSPS) is 10.5. The minimum absolute atomic E-state index is 0.131. The minimum atomic E-state index is -2.82. The number of hydrogen-bond acceptors (Lipinski definition) is 2. The summed E-state index contributed by atoms with van der Waals surface area (Å²) in [6.07, 6.45) is 0. The van der Waals surface area contributed by atoms with E-state index in [9.17, 15) is 8.78 Å². The van der Waals surface area contributed by atoms with Crippen molar-refractivity contribution in [1.29, 1.82) is 0 Å². The summed E-state index contributed by atoms with van der Waals surface area (Å²) in [4.78, 5) is 0. The first-order valence-electron chi connectivity index (χ1n) is 5.55. The largest absolute Gasteiger partial charge is 0.489 e. The fourth-order valence-electron chi connectivity index (χ4n) is 1.51. The van der Waals surface area contributed by atoms with Crippen LogP contribution in [0.5, 0.6) is 11.5 Å². The third kappa shape index (κ3) is 4.52. The van der Waals surface area contributed by atoms with Crippen molar-refractivity contribution < 1.29 is 18.3 Å². The summed E-state index contributed by atoms with van der Waals surface area (Å²) < 4.78 is 35.0. The van der Waals surface area contributed by atoms with Crippen molar-refractivity contribution in [1.82, 2.24) is 0 Å². The number of hydrogen-bond donors (Lipinski definition) is 0. The lowest BCUT2D eigenvalue weighted by molar-refractivity contribution is -0.0499. The van der Waals surface area contributed by atoms with Crippen LogP contribution in [0, 0.1) is 0 Å². The molecule has 0 bridgehead atoms. The number of ether oxygens (including phenoxy) is 2. The zero-order chi connectivity index (χ0) is 13.7. The van der Waals surface area contributed by atoms with Gasteiger partial charge in [-0.2, -0.15) is 8.78 Å². The van der Waals surface area contributed by atoms with Crippen LogP contribution < -0.4 is 9.47 Å². The van der Waals surface area contributed by atoms with E-state index in [1.165, 1.54) is 12.1 Å². The fraction of sp³-hybridized carbons (Fsp3) is 0.143. The summed E-state index contributed by atoms with van der Waals surface area (Å²) in [5.74, 6) is 0.843. The maximum Gasteiger partial charge on any atom is 0.387 e. The van der Waals surface area contributed by atoms with Crippen LogP contribution in [-0.4, -0.2) is 6.61 Å². The molecular formula is C14H11BrF2O2. The molecule has 2 nitrogen and oxygen atoms in total. The lowest BCUT2D eigenvalue weighted by Gasteiger charge is -2.08. The molecule has 0 radical (unpaired) electrons. The lowest BCUT2D eigenvalue weighted by atomic mass is 10.2. The quantitative estimate of drug-likeness (QED) is 0.796. The molecule has 0 fully saturated rings. The molecule has 0 amide bonds. The molecule has 0 saturated carbocycles. The van der Waals surface area contributed by atoms with Crippen molar-refractivity contribution in [2.45, 2.75) is 13.2 Å². The summed E-state index contributed by atoms with van der Waals surface area (Å²) >= 11 is 3.33. The van der Waals surface area contributed by atoms with Gasteiger partial charge in [0.15, 0.2) is 0 Å². The molecule has 0 N–H and O–H groups in total. The van der Waals surface area contributed by atoms with E-state index in [-0.39, 0.29) is 5.75 Å². The van der Waals surface area contributed by atoms with Gasteiger partial charge in [0, 0.05) is 4.47 Å². The Morgan fingerprint density at radius 1 is 1.00 bits per heavy atom. The molecule has 0 atom stereocenters. The standard InChI is InChI=1S/C14H11BrF2O2/c15-11-4-6-12(7-5-11)18-9-10-2-1-3-13(8-10)19-14(16)17/h1-8,14H,9H2. The molecule has 2 rings (SSSR count). The predicted molar refractivity (Wildman–Crippen MR) is 71.5 cm³/mol. The zero-order valence-corrected chi connectivity index (χ0v) is 11.4. The molecule has 0 heterocycles. The van der Waals surface area contributed by atoms with E-state index < -0.39 is 6.61 Å². The predicted octanol–water partition coefficient (Wildman–Crippen LogP) is 4.63. The Labute approximate surface area is 118 Å². The molecule has 5 heteroatoms. The Balaban J connectivity index is 1.97. The molecule has 100 valence electrons. The first-order valence-corrected chi connectivity index (χ1v) is 6.35. The second-order valence-electron chi connectivity index (χ2n) is 3.77. The van der Waals surface area contributed by atoms with Gasteiger partial charge in [-0.15, -0.1) is 0 Å². The highest BCUT2D eigenvalue weighted by atomic mass is 79.9. The van der Waals surface area contributed by atoms with E-state index in [0.717, 1.165) is 10.0 Å². The summed E-state index contributed by atoms with van der Waals surface area (Å²) in [7, 11) is 0. The van der Waals surface area contributed by atoms with E-state index in [1.54, 1.807) is 12.1 Å². The Hall–Kier alpha value is -1.62. The number of alkyl halides is 2. The summed E-state index contributed by atoms with van der Waals surface area (Å²) in [6.45, 7) is -2.52. The first kappa shape index (κ1) is 13.8. The van der Waals surface area contributed by atoms with Gasteiger partial charge < -0.3 is 9.47 Å². The second kappa shape index (κ2) is 6.52. The van der Waals surface area contributed by atoms with Crippen LogP contribution in [0.2, 0.25) is 0 Å². The van der Waals surface area contributed by atoms with Crippen molar-refractivity contribution in [2.75, 3.05) is 0 Å². The van der Waals surface area contributed by atoms with Gasteiger partial charge in [-0.3, -0.25) is 0 Å². The maximum absolute atomic E-state index is 12.1. The van der Waals surface area contributed by atoms with E-state index in [1.807, 2.05) is 24.3 Å². The molecule has 0 spiro atoms. The van der Waals surface area contributed by atoms with E-state index in [2.05, 4.69) is 20.7 Å². The van der Waals surface area contributed by atoms with Crippen LogP contribution in [0.15, 0.2) is 53.0 Å². The average Bonchev–Trinajstić information content (AvgIpc) is 2.38. The van der Waals surface area contributed by atoms with E-state index >= 15 is 0 Å². The SMILES string of the molecule is FC(F)Oc1cccc(COc2ccc(Br)cc2)c1. The Bertz CT molecular complexity index is 529. The zero-order valence-electron chi connectivity index (χ0n) is 9.85. The Morgan fingerprint density at radius 3 is 2.42 bits per heavy atom. The summed E-state index contributed by atoms with van der Waals surface area (Å²) in [6, 6.07) is 13.8. The van der Waals surface area contributed by atoms with Crippen LogP contribution in [-0.2, 0) is 6.61 Å². The number of benzene rings is 2. The smallest absolute Gasteiger partial charge is 0.387 e. The molecule has 0 aliphatic carbocycles. The van der Waals surface area contributed by atoms with Crippen molar-refractivity contribution >= 4 is 15.9 Å². The highest BCUT2D eigenvalue weighted by molar-refractivity contribution is 9.10. The van der Waals surface area contributed by atoms with Gasteiger partial charge in [-0.1, -0.05) is 28.1 Å². The van der Waals surface area contributed by atoms with Gasteiger partial charge in [0.2, 0.25) is 0 Å². The first-order chi connectivity index (χ1) is 9.13. The summed E-state index contributed by atoms with van der Waals surface area (Å²) in [5.41, 5.74) is 0.765. The third-order valence-electron chi connectivity index (χ3n) is 2.34. The van der Waals surface area contributed by atoms with Gasteiger partial charge in [-0.05, 0) is 42.0 Å². The second-order valence-corrected chi connectivity index (χ2v) is 4.68. The molecular weight excluding hydrogens is 318 g/mol. The van der Waals surface area contributed by atoms with Crippen molar-refractivity contribution in [3.05, 3.63) is 58.6 Å². The molecule has 0 aliphatic rings. The van der Waals surface area contributed by atoms with Gasteiger partial charge in [0.05, 0.1) is 0 Å². The van der Waals surface area contributed by atoms with E-state index in [0.29, 0.717) is 12.4 Å². The molecule has 0 unspecified atom stereocenters. The monoisotopic (exact) mass is 328 g/mol. The number of halogens is 3. The van der Waals surface area contributed by atoms with Gasteiger partial charge in [0.25, 0.3) is 0 Å². The molecule has 2 aromatic carbocycles. The van der Waals surface area contributed by atoms with Gasteiger partial charge in [-0.25, -0.2) is 0 Å². The van der Waals surface area contributed by atoms with Crippen LogP contribution in [0.25, 0.3) is 0 Å². The molecule has 0 aliphatic heterocycles. The van der Waals surface area contributed by atoms with E-state index in [4.69, 9.17) is 4.74 Å².